The molecule has 0 unspecified atom stereocenters. The van der Waals surface area contributed by atoms with Crippen LogP contribution >= 0.6 is 0 Å². The number of nitrogens with two attached hydrogens (primary N) is 1. The zero-order valence-electron chi connectivity index (χ0n) is 6.27. The van der Waals surface area contributed by atoms with Gasteiger partial charge in [-0.2, -0.15) is 0 Å². The van der Waals surface area contributed by atoms with Gasteiger partial charge in [-0.15, -0.1) is 0 Å². The number of aromatic nitrogens is 2. The Morgan fingerprint density at radius 2 is 2.08 bits per heavy atom. The number of anilines is 1. The van der Waals surface area contributed by atoms with Crippen molar-refractivity contribution < 1.29 is 4.74 Å². The zero-order valence-corrected chi connectivity index (χ0v) is 6.27. The Kier molecular flexibility index (Phi) is 1.51. The van der Waals surface area contributed by atoms with E-state index in [-0.39, 0.29) is 5.95 Å². The maximum Gasteiger partial charge on any atom is 0.220 e. The number of ether oxygens (including phenoxy) is 1. The molecule has 2 rings (SSSR count). The van der Waals surface area contributed by atoms with Gasteiger partial charge in [-0.05, 0) is 12.2 Å². The number of nitrogens with zero attached hydrogens (tertiary/aromatic N) is 2. The monoisotopic (exact) mass is 161 g/mol. The standard InChI is InChI=1S/C8H7N3O/c9-8-10-5-6-1-3-12-4-2-7(6)11-8/h1-5H,(H2,9,10,11). The molecule has 1 aromatic heterocycles. The van der Waals surface area contributed by atoms with Crippen molar-refractivity contribution >= 4 is 18.1 Å². The van der Waals surface area contributed by atoms with Crippen molar-refractivity contribution in [2.75, 3.05) is 5.73 Å². The molecule has 4 heteroatoms. The van der Waals surface area contributed by atoms with E-state index in [2.05, 4.69) is 9.97 Å². The Labute approximate surface area is 69.4 Å². The highest BCUT2D eigenvalue weighted by molar-refractivity contribution is 5.62. The van der Waals surface area contributed by atoms with Crippen molar-refractivity contribution in [1.82, 2.24) is 9.97 Å². The van der Waals surface area contributed by atoms with E-state index in [1.807, 2.05) is 0 Å². The molecule has 1 aliphatic heterocycles. The molecule has 0 aliphatic carbocycles. The van der Waals surface area contributed by atoms with Gasteiger partial charge in [0.2, 0.25) is 5.95 Å². The molecule has 1 aromatic rings. The minimum absolute atomic E-state index is 0.272. The van der Waals surface area contributed by atoms with Crippen LogP contribution in [-0.4, -0.2) is 9.97 Å². The number of fused-ring (bicyclic) bond motifs is 1. The lowest BCUT2D eigenvalue weighted by Crippen LogP contribution is -1.97. The molecule has 0 fully saturated rings. The van der Waals surface area contributed by atoms with Crippen molar-refractivity contribution in [3.8, 4) is 0 Å². The first-order chi connectivity index (χ1) is 5.86. The summed E-state index contributed by atoms with van der Waals surface area (Å²) >= 11 is 0. The van der Waals surface area contributed by atoms with Gasteiger partial charge in [0.05, 0.1) is 18.2 Å². The summed E-state index contributed by atoms with van der Waals surface area (Å²) < 4.78 is 4.95. The van der Waals surface area contributed by atoms with Gasteiger partial charge < -0.3 is 10.5 Å². The third-order valence-electron chi connectivity index (χ3n) is 1.50. The molecule has 2 N–H and O–H groups in total. The first kappa shape index (κ1) is 6.84. The fourth-order valence-corrected chi connectivity index (χ4v) is 0.942. The lowest BCUT2D eigenvalue weighted by atomic mass is 10.2. The van der Waals surface area contributed by atoms with Crippen molar-refractivity contribution in [3.63, 3.8) is 0 Å². The average molecular weight is 161 g/mol. The molecule has 1 aliphatic rings. The highest BCUT2D eigenvalue weighted by Crippen LogP contribution is 2.13. The van der Waals surface area contributed by atoms with Gasteiger partial charge in [0, 0.05) is 11.8 Å². The first-order valence-corrected chi connectivity index (χ1v) is 3.47. The molecule has 0 bridgehead atoms. The second kappa shape index (κ2) is 2.65. The van der Waals surface area contributed by atoms with E-state index >= 15 is 0 Å². The fourth-order valence-electron chi connectivity index (χ4n) is 0.942. The van der Waals surface area contributed by atoms with Gasteiger partial charge in [0.1, 0.15) is 0 Å². The van der Waals surface area contributed by atoms with E-state index in [0.717, 1.165) is 11.3 Å². The van der Waals surface area contributed by atoms with Crippen molar-refractivity contribution in [3.05, 3.63) is 30.0 Å². The lowest BCUT2D eigenvalue weighted by Gasteiger charge is -1.97. The van der Waals surface area contributed by atoms with E-state index in [1.54, 1.807) is 30.9 Å². The molecule has 0 aromatic carbocycles. The Hall–Kier alpha value is -1.84. The topological polar surface area (TPSA) is 61.0 Å². The molecule has 0 amide bonds. The van der Waals surface area contributed by atoms with Gasteiger partial charge in [0.25, 0.3) is 0 Å². The van der Waals surface area contributed by atoms with E-state index < -0.39 is 0 Å². The smallest absolute Gasteiger partial charge is 0.220 e. The number of rotatable bonds is 0. The number of hydrogen-bond donors (Lipinski definition) is 1. The van der Waals surface area contributed by atoms with Crippen LogP contribution < -0.4 is 5.73 Å². The summed E-state index contributed by atoms with van der Waals surface area (Å²) in [5, 5.41) is 0. The minimum atomic E-state index is 0.272. The largest absolute Gasteiger partial charge is 0.473 e. The Balaban J connectivity index is 2.58. The summed E-state index contributed by atoms with van der Waals surface area (Å²) in [6, 6.07) is 0. The molecule has 12 heavy (non-hydrogen) atoms. The third kappa shape index (κ3) is 1.14. The van der Waals surface area contributed by atoms with Crippen LogP contribution in [0.1, 0.15) is 11.3 Å². The quantitative estimate of drug-likeness (QED) is 0.617. The molecule has 0 saturated heterocycles. The van der Waals surface area contributed by atoms with Crippen molar-refractivity contribution in [1.29, 1.82) is 0 Å². The first-order valence-electron chi connectivity index (χ1n) is 3.47. The van der Waals surface area contributed by atoms with Gasteiger partial charge in [-0.3, -0.25) is 0 Å². The molecule has 0 saturated carbocycles. The Morgan fingerprint density at radius 1 is 1.25 bits per heavy atom. The van der Waals surface area contributed by atoms with Gasteiger partial charge in [-0.1, -0.05) is 0 Å². The molecule has 0 spiro atoms. The van der Waals surface area contributed by atoms with E-state index in [4.69, 9.17) is 10.5 Å². The van der Waals surface area contributed by atoms with Crippen LogP contribution in [0.5, 0.6) is 0 Å². The predicted octanol–water partition coefficient (Wildman–Crippen LogP) is 1.03. The SMILES string of the molecule is Nc1ncc2c(n1)C=COC=C2. The third-order valence-corrected chi connectivity index (χ3v) is 1.50. The van der Waals surface area contributed by atoms with Crippen molar-refractivity contribution in [2.24, 2.45) is 0 Å². The van der Waals surface area contributed by atoms with Crippen LogP contribution in [0.25, 0.3) is 12.2 Å². The van der Waals surface area contributed by atoms with Gasteiger partial charge >= 0.3 is 0 Å². The number of nitrogen functional groups attached to an aromatic ring is 1. The van der Waals surface area contributed by atoms with E-state index in [0.29, 0.717) is 0 Å². The Bertz CT molecular complexity index is 357. The summed E-state index contributed by atoms with van der Waals surface area (Å²) in [5.41, 5.74) is 7.09. The normalized spacial score (nSPS) is 13.3. The molecule has 2 heterocycles. The molecule has 60 valence electrons. The number of hydrogen-bond acceptors (Lipinski definition) is 4. The van der Waals surface area contributed by atoms with E-state index in [9.17, 15) is 0 Å². The van der Waals surface area contributed by atoms with Crippen LogP contribution in [0.3, 0.4) is 0 Å². The van der Waals surface area contributed by atoms with Crippen LogP contribution in [-0.2, 0) is 4.74 Å². The molecule has 0 atom stereocenters. The summed E-state index contributed by atoms with van der Waals surface area (Å²) in [4.78, 5) is 7.88. The Morgan fingerprint density at radius 3 is 3.00 bits per heavy atom. The second-order valence-electron chi connectivity index (χ2n) is 2.31. The molecule has 0 radical (unpaired) electrons. The molecular weight excluding hydrogens is 154 g/mol. The van der Waals surface area contributed by atoms with Gasteiger partial charge in [-0.25, -0.2) is 9.97 Å². The summed E-state index contributed by atoms with van der Waals surface area (Å²) in [6.07, 6.45) is 8.31. The average Bonchev–Trinajstić information content (AvgIpc) is 2.28. The van der Waals surface area contributed by atoms with E-state index in [1.165, 1.54) is 0 Å². The summed E-state index contributed by atoms with van der Waals surface area (Å²) in [6.45, 7) is 0. The summed E-state index contributed by atoms with van der Waals surface area (Å²) in [5.74, 6) is 0.272. The predicted molar refractivity (Wildman–Crippen MR) is 45.6 cm³/mol. The fraction of sp³-hybridized carbons (Fsp3) is 0. The molecule has 4 nitrogen and oxygen atoms in total. The molecular formula is C8H7N3O. The lowest BCUT2D eigenvalue weighted by molar-refractivity contribution is 0.411. The second-order valence-corrected chi connectivity index (χ2v) is 2.31. The van der Waals surface area contributed by atoms with Crippen LogP contribution in [0.2, 0.25) is 0 Å². The van der Waals surface area contributed by atoms with Crippen LogP contribution in [0.15, 0.2) is 18.7 Å². The van der Waals surface area contributed by atoms with Crippen LogP contribution in [0, 0.1) is 0 Å². The minimum Gasteiger partial charge on any atom is -0.473 e. The summed E-state index contributed by atoms with van der Waals surface area (Å²) in [7, 11) is 0. The highest BCUT2D eigenvalue weighted by Gasteiger charge is 2.01. The zero-order chi connectivity index (χ0) is 8.39. The van der Waals surface area contributed by atoms with Crippen LogP contribution in [0.4, 0.5) is 5.95 Å². The van der Waals surface area contributed by atoms with Gasteiger partial charge in [0.15, 0.2) is 0 Å². The van der Waals surface area contributed by atoms with Crippen molar-refractivity contribution in [2.45, 2.75) is 0 Å². The maximum atomic E-state index is 5.41. The maximum absolute atomic E-state index is 5.41. The highest BCUT2D eigenvalue weighted by atomic mass is 16.5.